The van der Waals surface area contributed by atoms with Crippen LogP contribution in [0.25, 0.3) is 11.8 Å². The van der Waals surface area contributed by atoms with Crippen LogP contribution in [0.15, 0.2) is 71.8 Å². The van der Waals surface area contributed by atoms with Crippen molar-refractivity contribution in [2.45, 2.75) is 0 Å². The second-order valence-corrected chi connectivity index (χ2v) is 9.27. The molecule has 36 heavy (non-hydrogen) atoms. The van der Waals surface area contributed by atoms with E-state index in [2.05, 4.69) is 10.2 Å². The third kappa shape index (κ3) is 5.14. The molecule has 0 radical (unpaired) electrons. The molecule has 5 rings (SSSR count). The first-order valence-corrected chi connectivity index (χ1v) is 12.2. The summed E-state index contributed by atoms with van der Waals surface area (Å²) in [4.78, 5) is 41.4. The Bertz CT molecular complexity index is 1310. The molecule has 0 bridgehead atoms. The van der Waals surface area contributed by atoms with E-state index >= 15 is 0 Å². The summed E-state index contributed by atoms with van der Waals surface area (Å²) in [6.07, 6.45) is 3.44. The standard InChI is InChI=1S/C26H24N4O5S/c31-22-9-7-20(8-10-22)29-11-1-2-21(29)16-23-25(33)30(26(34)36-23)17-24(32)27-18-3-5-19(6-4-18)28-12-14-35-15-13-28/h1-11,16,31H,12-15,17H2,(H,27,32)/b23-16+. The number of ether oxygens (including phenoxy) is 1. The van der Waals surface area contributed by atoms with Gasteiger partial charge in [-0.05, 0) is 78.5 Å². The Labute approximate surface area is 211 Å². The van der Waals surface area contributed by atoms with Crippen LogP contribution in [0.3, 0.4) is 0 Å². The summed E-state index contributed by atoms with van der Waals surface area (Å²) in [6.45, 7) is 2.64. The summed E-state index contributed by atoms with van der Waals surface area (Å²) in [5.74, 6) is -0.814. The van der Waals surface area contributed by atoms with Crippen LogP contribution in [0.5, 0.6) is 5.75 Å². The number of amides is 3. The molecule has 0 atom stereocenters. The number of phenolic OH excluding ortho intramolecular Hbond substituents is 1. The molecule has 0 unspecified atom stereocenters. The number of rotatable bonds is 6. The van der Waals surface area contributed by atoms with Crippen LogP contribution in [0.1, 0.15) is 5.69 Å². The van der Waals surface area contributed by atoms with Gasteiger partial charge < -0.3 is 24.6 Å². The quantitative estimate of drug-likeness (QED) is 0.494. The summed E-state index contributed by atoms with van der Waals surface area (Å²) in [5.41, 5.74) is 3.12. The summed E-state index contributed by atoms with van der Waals surface area (Å²) in [5, 5.41) is 11.8. The zero-order valence-electron chi connectivity index (χ0n) is 19.3. The minimum absolute atomic E-state index is 0.153. The van der Waals surface area contributed by atoms with Gasteiger partial charge in [-0.2, -0.15) is 0 Å². The van der Waals surface area contributed by atoms with E-state index in [0.29, 0.717) is 24.6 Å². The van der Waals surface area contributed by atoms with Crippen LogP contribution in [0.4, 0.5) is 16.2 Å². The highest BCUT2D eigenvalue weighted by Gasteiger charge is 2.36. The topological polar surface area (TPSA) is 104 Å². The molecule has 2 fully saturated rings. The molecule has 9 nitrogen and oxygen atoms in total. The Balaban J connectivity index is 1.23. The second kappa shape index (κ2) is 10.3. The average Bonchev–Trinajstić information content (AvgIpc) is 3.45. The van der Waals surface area contributed by atoms with Crippen LogP contribution < -0.4 is 10.2 Å². The molecule has 2 aromatic carbocycles. The third-order valence-corrected chi connectivity index (χ3v) is 6.80. The van der Waals surface area contributed by atoms with Crippen molar-refractivity contribution in [1.82, 2.24) is 9.47 Å². The van der Waals surface area contributed by atoms with Crippen molar-refractivity contribution in [3.8, 4) is 11.4 Å². The van der Waals surface area contributed by atoms with Gasteiger partial charge in [0.05, 0.1) is 18.1 Å². The van der Waals surface area contributed by atoms with Gasteiger partial charge in [0.2, 0.25) is 5.91 Å². The van der Waals surface area contributed by atoms with Gasteiger partial charge in [0.15, 0.2) is 0 Å². The van der Waals surface area contributed by atoms with Crippen molar-refractivity contribution < 1.29 is 24.2 Å². The lowest BCUT2D eigenvalue weighted by atomic mass is 10.2. The fourth-order valence-electron chi connectivity index (χ4n) is 4.05. The summed E-state index contributed by atoms with van der Waals surface area (Å²) < 4.78 is 7.21. The lowest BCUT2D eigenvalue weighted by Gasteiger charge is -2.28. The molecule has 3 amide bonds. The van der Waals surface area contributed by atoms with Crippen molar-refractivity contribution in [3.05, 3.63) is 77.5 Å². The SMILES string of the molecule is O=C(CN1C(=O)S/C(=C/c2cccn2-c2ccc(O)cc2)C1=O)Nc1ccc(N2CCOCC2)cc1. The number of hydrogen-bond acceptors (Lipinski definition) is 7. The molecular formula is C26H24N4O5S. The first-order valence-electron chi connectivity index (χ1n) is 11.4. The molecule has 10 heteroatoms. The largest absolute Gasteiger partial charge is 0.508 e. The van der Waals surface area contributed by atoms with Gasteiger partial charge in [0.1, 0.15) is 12.3 Å². The number of nitrogens with one attached hydrogen (secondary N) is 1. The molecule has 2 aliphatic heterocycles. The Hall–Kier alpha value is -4.02. The lowest BCUT2D eigenvalue weighted by molar-refractivity contribution is -0.127. The summed E-state index contributed by atoms with van der Waals surface area (Å²) >= 11 is 0.802. The normalized spacial score (nSPS) is 17.2. The number of morpholine rings is 1. The van der Waals surface area contributed by atoms with Crippen LogP contribution in [-0.2, 0) is 14.3 Å². The molecule has 184 valence electrons. The Kier molecular flexibility index (Phi) is 6.79. The second-order valence-electron chi connectivity index (χ2n) is 8.28. The molecule has 2 aliphatic rings. The number of phenols is 1. The van der Waals surface area contributed by atoms with Gasteiger partial charge >= 0.3 is 0 Å². The number of aromatic nitrogens is 1. The zero-order valence-corrected chi connectivity index (χ0v) is 20.1. The lowest BCUT2D eigenvalue weighted by Crippen LogP contribution is -2.36. The highest BCUT2D eigenvalue weighted by Crippen LogP contribution is 2.32. The molecule has 2 saturated heterocycles. The smallest absolute Gasteiger partial charge is 0.294 e. The number of carbonyl (C=O) groups is 3. The maximum absolute atomic E-state index is 12.9. The predicted octanol–water partition coefficient (Wildman–Crippen LogP) is 3.69. The number of thioether (sulfide) groups is 1. The van der Waals surface area contributed by atoms with Gasteiger partial charge in [0, 0.05) is 42.0 Å². The monoisotopic (exact) mass is 504 g/mol. The zero-order chi connectivity index (χ0) is 25.1. The Morgan fingerprint density at radius 3 is 2.42 bits per heavy atom. The van der Waals surface area contributed by atoms with Crippen molar-refractivity contribution in [1.29, 1.82) is 0 Å². The minimum Gasteiger partial charge on any atom is -0.508 e. The number of aromatic hydroxyl groups is 1. The van der Waals surface area contributed by atoms with E-state index in [4.69, 9.17) is 4.74 Å². The number of imide groups is 1. The van der Waals surface area contributed by atoms with E-state index in [9.17, 15) is 19.5 Å². The number of hydrogen-bond donors (Lipinski definition) is 2. The van der Waals surface area contributed by atoms with E-state index in [1.807, 2.05) is 35.0 Å². The third-order valence-electron chi connectivity index (χ3n) is 5.89. The number of carbonyl (C=O) groups excluding carboxylic acids is 3. The van der Waals surface area contributed by atoms with Crippen molar-refractivity contribution in [2.24, 2.45) is 0 Å². The van der Waals surface area contributed by atoms with E-state index in [-0.39, 0.29) is 17.2 Å². The molecular weight excluding hydrogens is 480 g/mol. The Morgan fingerprint density at radius 1 is 1.00 bits per heavy atom. The van der Waals surface area contributed by atoms with Gasteiger partial charge in [-0.1, -0.05) is 0 Å². The van der Waals surface area contributed by atoms with Gasteiger partial charge in [-0.25, -0.2) is 0 Å². The predicted molar refractivity (Wildman–Crippen MR) is 138 cm³/mol. The van der Waals surface area contributed by atoms with Gasteiger partial charge in [-0.3, -0.25) is 19.3 Å². The molecule has 0 aliphatic carbocycles. The average molecular weight is 505 g/mol. The first kappa shape index (κ1) is 23.7. The number of benzene rings is 2. The van der Waals surface area contributed by atoms with E-state index in [1.54, 1.807) is 42.5 Å². The highest BCUT2D eigenvalue weighted by atomic mass is 32.2. The van der Waals surface area contributed by atoms with Crippen molar-refractivity contribution >= 4 is 46.3 Å². The van der Waals surface area contributed by atoms with Crippen LogP contribution in [0, 0.1) is 0 Å². The first-order chi connectivity index (χ1) is 17.5. The van der Waals surface area contributed by atoms with E-state index in [0.717, 1.165) is 41.1 Å². The maximum Gasteiger partial charge on any atom is 0.294 e. The minimum atomic E-state index is -0.513. The molecule has 1 aromatic heterocycles. The van der Waals surface area contributed by atoms with Crippen LogP contribution in [0.2, 0.25) is 0 Å². The number of nitrogens with zero attached hydrogens (tertiary/aromatic N) is 3. The highest BCUT2D eigenvalue weighted by molar-refractivity contribution is 8.18. The molecule has 2 N–H and O–H groups in total. The Morgan fingerprint density at radius 2 is 1.69 bits per heavy atom. The van der Waals surface area contributed by atoms with Crippen LogP contribution in [-0.4, -0.2) is 64.5 Å². The van der Waals surface area contributed by atoms with E-state index in [1.165, 1.54) is 0 Å². The molecule has 0 saturated carbocycles. The number of anilines is 2. The van der Waals surface area contributed by atoms with E-state index < -0.39 is 17.1 Å². The summed E-state index contributed by atoms with van der Waals surface area (Å²) in [7, 11) is 0. The fourth-order valence-corrected chi connectivity index (χ4v) is 4.87. The molecule has 0 spiro atoms. The summed E-state index contributed by atoms with van der Waals surface area (Å²) in [6, 6.07) is 17.7. The van der Waals surface area contributed by atoms with Gasteiger partial charge in [-0.15, -0.1) is 0 Å². The van der Waals surface area contributed by atoms with Crippen molar-refractivity contribution in [2.75, 3.05) is 43.1 Å². The van der Waals surface area contributed by atoms with Crippen molar-refractivity contribution in [3.63, 3.8) is 0 Å². The van der Waals surface area contributed by atoms with Crippen LogP contribution >= 0.6 is 11.8 Å². The maximum atomic E-state index is 12.9. The van der Waals surface area contributed by atoms with Gasteiger partial charge in [0.25, 0.3) is 11.1 Å². The molecule has 3 aromatic rings. The molecule has 3 heterocycles. The fraction of sp³-hybridized carbons (Fsp3) is 0.192.